The maximum Gasteiger partial charge on any atom is 0.312 e. The van der Waals surface area contributed by atoms with E-state index in [1.54, 1.807) is 16.7 Å². The van der Waals surface area contributed by atoms with Gasteiger partial charge in [-0.1, -0.05) is 0 Å². The first kappa shape index (κ1) is 12.6. The summed E-state index contributed by atoms with van der Waals surface area (Å²) in [7, 11) is 0. The second-order valence-corrected chi connectivity index (χ2v) is 4.81. The van der Waals surface area contributed by atoms with Crippen LogP contribution in [0.4, 0.5) is 4.39 Å². The highest BCUT2D eigenvalue weighted by molar-refractivity contribution is 6.08. The van der Waals surface area contributed by atoms with Gasteiger partial charge in [-0.15, -0.1) is 0 Å². The first-order valence-electron chi connectivity index (χ1n) is 6.30. The van der Waals surface area contributed by atoms with Crippen LogP contribution >= 0.6 is 0 Å². The third kappa shape index (κ3) is 1.91. The van der Waals surface area contributed by atoms with E-state index < -0.39 is 17.7 Å². The number of benzene rings is 1. The highest BCUT2D eigenvalue weighted by atomic mass is 19.1. The molecular weight excluding hydrogens is 261 g/mol. The second kappa shape index (κ2) is 4.59. The number of hydrogen-bond acceptors (Lipinski definition) is 2. The van der Waals surface area contributed by atoms with Gasteiger partial charge in [0.2, 0.25) is 5.78 Å². The van der Waals surface area contributed by atoms with Gasteiger partial charge in [0, 0.05) is 17.8 Å². The molecule has 1 atom stereocenters. The SMILES string of the molecule is O=C(c1ccc(F)cc1)c1ccc2n1CC[C@H]2C(=O)O. The first-order valence-corrected chi connectivity index (χ1v) is 6.30. The van der Waals surface area contributed by atoms with Crippen LogP contribution in [0.5, 0.6) is 0 Å². The van der Waals surface area contributed by atoms with Gasteiger partial charge in [0.05, 0.1) is 11.6 Å². The molecule has 3 rings (SSSR count). The number of carbonyl (C=O) groups excluding carboxylic acids is 1. The topological polar surface area (TPSA) is 59.3 Å². The fourth-order valence-corrected chi connectivity index (χ4v) is 2.64. The standard InChI is InChI=1S/C15H12FNO3/c16-10-3-1-9(2-4-10)14(18)13-6-5-12-11(15(19)20)7-8-17(12)13/h1-6,11H,7-8H2,(H,19,20)/t11-/m1/s1. The normalized spacial score (nSPS) is 16.9. The molecule has 0 amide bonds. The van der Waals surface area contributed by atoms with Crippen molar-refractivity contribution in [3.05, 3.63) is 59.2 Å². The summed E-state index contributed by atoms with van der Waals surface area (Å²) in [6.45, 7) is 0.515. The Morgan fingerprint density at radius 2 is 1.85 bits per heavy atom. The Morgan fingerprint density at radius 1 is 1.15 bits per heavy atom. The summed E-state index contributed by atoms with van der Waals surface area (Å²) in [6.07, 6.45) is 0.495. The molecule has 1 aliphatic rings. The van der Waals surface area contributed by atoms with Gasteiger partial charge >= 0.3 is 5.97 Å². The van der Waals surface area contributed by atoms with Gasteiger partial charge in [-0.2, -0.15) is 0 Å². The lowest BCUT2D eigenvalue weighted by Gasteiger charge is -2.05. The fourth-order valence-electron chi connectivity index (χ4n) is 2.64. The van der Waals surface area contributed by atoms with Crippen LogP contribution in [0.25, 0.3) is 0 Å². The molecular formula is C15H12FNO3. The van der Waals surface area contributed by atoms with Gasteiger partial charge in [-0.25, -0.2) is 4.39 Å². The molecule has 0 spiro atoms. The molecule has 1 aliphatic heterocycles. The van der Waals surface area contributed by atoms with Crippen LogP contribution in [0.15, 0.2) is 36.4 Å². The van der Waals surface area contributed by atoms with Crippen LogP contribution in [-0.2, 0) is 11.3 Å². The van der Waals surface area contributed by atoms with E-state index in [0.717, 1.165) is 0 Å². The number of hydrogen-bond donors (Lipinski definition) is 1. The smallest absolute Gasteiger partial charge is 0.312 e. The van der Waals surface area contributed by atoms with Gasteiger partial charge in [0.25, 0.3) is 0 Å². The predicted octanol–water partition coefficient (Wildman–Crippen LogP) is 2.43. The van der Waals surface area contributed by atoms with E-state index in [-0.39, 0.29) is 5.78 Å². The number of fused-ring (bicyclic) bond motifs is 1. The number of aliphatic carboxylic acids is 1. The Hall–Kier alpha value is -2.43. The van der Waals surface area contributed by atoms with Crippen molar-refractivity contribution in [1.29, 1.82) is 0 Å². The van der Waals surface area contributed by atoms with E-state index in [1.165, 1.54) is 24.3 Å². The minimum atomic E-state index is -0.873. The maximum absolute atomic E-state index is 12.9. The van der Waals surface area contributed by atoms with E-state index in [0.29, 0.717) is 29.9 Å². The molecule has 20 heavy (non-hydrogen) atoms. The summed E-state index contributed by atoms with van der Waals surface area (Å²) in [5.74, 6) is -2.04. The predicted molar refractivity (Wildman–Crippen MR) is 69.3 cm³/mol. The van der Waals surface area contributed by atoms with Crippen molar-refractivity contribution in [3.8, 4) is 0 Å². The maximum atomic E-state index is 12.9. The van der Waals surface area contributed by atoms with E-state index in [9.17, 15) is 14.0 Å². The number of nitrogens with zero attached hydrogens (tertiary/aromatic N) is 1. The van der Waals surface area contributed by atoms with Crippen LogP contribution in [0.2, 0.25) is 0 Å². The quantitative estimate of drug-likeness (QED) is 0.874. The molecule has 0 saturated heterocycles. The Balaban J connectivity index is 1.97. The Bertz CT molecular complexity index is 688. The number of ketones is 1. The highest BCUT2D eigenvalue weighted by Crippen LogP contribution is 2.31. The van der Waals surface area contributed by atoms with Crippen molar-refractivity contribution >= 4 is 11.8 Å². The molecule has 4 nitrogen and oxygen atoms in total. The summed E-state index contributed by atoms with van der Waals surface area (Å²) < 4.78 is 14.6. The fraction of sp³-hybridized carbons (Fsp3) is 0.200. The average molecular weight is 273 g/mol. The zero-order valence-electron chi connectivity index (χ0n) is 10.5. The van der Waals surface area contributed by atoms with Crippen molar-refractivity contribution in [2.45, 2.75) is 18.9 Å². The van der Waals surface area contributed by atoms with Crippen molar-refractivity contribution in [2.24, 2.45) is 0 Å². The van der Waals surface area contributed by atoms with E-state index in [2.05, 4.69) is 0 Å². The number of carboxylic acids is 1. The summed E-state index contributed by atoms with van der Waals surface area (Å²) in [5, 5.41) is 9.12. The molecule has 0 unspecified atom stereocenters. The molecule has 2 aromatic rings. The minimum absolute atomic E-state index is 0.220. The van der Waals surface area contributed by atoms with Crippen LogP contribution in [0.3, 0.4) is 0 Å². The Morgan fingerprint density at radius 3 is 2.50 bits per heavy atom. The summed E-state index contributed by atoms with van der Waals surface area (Å²) in [6, 6.07) is 8.66. The molecule has 1 N–H and O–H groups in total. The van der Waals surface area contributed by atoms with Crippen LogP contribution in [-0.4, -0.2) is 21.4 Å². The Kier molecular flexibility index (Phi) is 2.89. The molecule has 2 heterocycles. The zero-order valence-corrected chi connectivity index (χ0v) is 10.5. The molecule has 0 bridgehead atoms. The van der Waals surface area contributed by atoms with Crippen molar-refractivity contribution in [2.75, 3.05) is 0 Å². The second-order valence-electron chi connectivity index (χ2n) is 4.81. The lowest BCUT2D eigenvalue weighted by atomic mass is 10.1. The summed E-state index contributed by atoms with van der Waals surface area (Å²) in [4.78, 5) is 23.5. The number of rotatable bonds is 3. The number of aromatic nitrogens is 1. The number of halogens is 1. The van der Waals surface area contributed by atoms with Crippen LogP contribution < -0.4 is 0 Å². The molecule has 1 aromatic heterocycles. The lowest BCUT2D eigenvalue weighted by Crippen LogP contribution is -2.10. The molecule has 5 heteroatoms. The van der Waals surface area contributed by atoms with E-state index in [4.69, 9.17) is 5.11 Å². The van der Waals surface area contributed by atoms with E-state index in [1.807, 2.05) is 0 Å². The third-order valence-electron chi connectivity index (χ3n) is 3.65. The van der Waals surface area contributed by atoms with Crippen molar-refractivity contribution < 1.29 is 19.1 Å². The third-order valence-corrected chi connectivity index (χ3v) is 3.65. The van der Waals surface area contributed by atoms with E-state index >= 15 is 0 Å². The molecule has 0 saturated carbocycles. The zero-order chi connectivity index (χ0) is 14.3. The van der Waals surface area contributed by atoms with Gasteiger partial charge in [-0.3, -0.25) is 9.59 Å². The molecule has 0 fully saturated rings. The van der Waals surface area contributed by atoms with Gasteiger partial charge in [0.1, 0.15) is 5.82 Å². The summed E-state index contributed by atoms with van der Waals surface area (Å²) in [5.41, 5.74) is 1.50. The molecule has 0 radical (unpaired) electrons. The number of carboxylic acid groups (broad SMARTS) is 1. The highest BCUT2D eigenvalue weighted by Gasteiger charge is 2.31. The summed E-state index contributed by atoms with van der Waals surface area (Å²) >= 11 is 0. The minimum Gasteiger partial charge on any atom is -0.481 e. The van der Waals surface area contributed by atoms with Gasteiger partial charge in [-0.05, 0) is 42.8 Å². The van der Waals surface area contributed by atoms with Gasteiger partial charge in [0.15, 0.2) is 0 Å². The molecule has 0 aliphatic carbocycles. The number of carbonyl (C=O) groups is 2. The van der Waals surface area contributed by atoms with Crippen LogP contribution in [0, 0.1) is 5.82 Å². The lowest BCUT2D eigenvalue weighted by molar-refractivity contribution is -0.138. The largest absolute Gasteiger partial charge is 0.481 e. The monoisotopic (exact) mass is 273 g/mol. The molecule has 1 aromatic carbocycles. The average Bonchev–Trinajstić information content (AvgIpc) is 2.99. The first-order chi connectivity index (χ1) is 9.58. The molecule has 102 valence electrons. The van der Waals surface area contributed by atoms with Crippen LogP contribution in [0.1, 0.15) is 34.1 Å². The van der Waals surface area contributed by atoms with Crippen molar-refractivity contribution in [3.63, 3.8) is 0 Å². The Labute approximate surface area is 114 Å². The van der Waals surface area contributed by atoms with Gasteiger partial charge < -0.3 is 9.67 Å². The van der Waals surface area contributed by atoms with Crippen molar-refractivity contribution in [1.82, 2.24) is 4.57 Å².